The second-order valence-corrected chi connectivity index (χ2v) is 9.33. The van der Waals surface area contributed by atoms with Crippen molar-refractivity contribution in [3.63, 3.8) is 0 Å². The Morgan fingerprint density at radius 3 is 2.61 bits per heavy atom. The summed E-state index contributed by atoms with van der Waals surface area (Å²) in [7, 11) is 0. The van der Waals surface area contributed by atoms with Gasteiger partial charge in [-0.25, -0.2) is 0 Å². The number of imide groups is 1. The van der Waals surface area contributed by atoms with Gasteiger partial charge >= 0.3 is 0 Å². The number of phenolic OH excluding ortho intramolecular Hbond substituents is 1. The zero-order valence-electron chi connectivity index (χ0n) is 19.0. The molecule has 8 heteroatoms. The number of aromatic hydroxyl groups is 1. The molecule has 7 nitrogen and oxygen atoms in total. The highest BCUT2D eigenvalue weighted by atomic mass is 35.5. The number of halogens is 1. The smallest absolute Gasteiger partial charge is 0.233 e. The normalized spacial score (nSPS) is 24.5. The molecule has 0 radical (unpaired) electrons. The van der Waals surface area contributed by atoms with Crippen molar-refractivity contribution in [3.05, 3.63) is 45.5 Å². The Hall–Kier alpha value is -2.19. The van der Waals surface area contributed by atoms with Crippen LogP contribution in [-0.4, -0.2) is 63.0 Å². The molecule has 1 fully saturated rings. The van der Waals surface area contributed by atoms with Crippen LogP contribution in [0.25, 0.3) is 6.08 Å². The van der Waals surface area contributed by atoms with Crippen molar-refractivity contribution in [1.29, 1.82) is 0 Å². The Kier molecular flexibility index (Phi) is 8.34. The van der Waals surface area contributed by atoms with Crippen LogP contribution in [0.3, 0.4) is 0 Å². The van der Waals surface area contributed by atoms with Crippen LogP contribution in [0.1, 0.15) is 45.1 Å². The van der Waals surface area contributed by atoms with E-state index in [2.05, 4.69) is 0 Å². The number of amides is 2. The first-order chi connectivity index (χ1) is 15.7. The molecule has 0 bridgehead atoms. The number of carbonyl (C=O) groups is 2. The van der Waals surface area contributed by atoms with Crippen molar-refractivity contribution in [3.8, 4) is 5.75 Å². The maximum Gasteiger partial charge on any atom is 0.233 e. The fraction of sp³-hybridized carbons (Fsp3) is 0.520. The lowest BCUT2D eigenvalue weighted by atomic mass is 9.68. The highest BCUT2D eigenvalue weighted by molar-refractivity contribution is 6.32. The first-order valence-corrected chi connectivity index (χ1v) is 11.7. The van der Waals surface area contributed by atoms with Gasteiger partial charge in [0.25, 0.3) is 0 Å². The molecule has 1 aliphatic heterocycles. The summed E-state index contributed by atoms with van der Waals surface area (Å²) in [6.07, 6.45) is 2.61. The van der Waals surface area contributed by atoms with Crippen LogP contribution in [-0.2, 0) is 9.59 Å². The third-order valence-electron chi connectivity index (χ3n) is 6.67. The molecule has 1 aliphatic carbocycles. The molecule has 0 aromatic heterocycles. The van der Waals surface area contributed by atoms with Crippen molar-refractivity contribution in [2.75, 3.05) is 19.8 Å². The van der Waals surface area contributed by atoms with E-state index >= 15 is 0 Å². The SMILES string of the molecule is CCCN1C(=O)[C@@H]2[C@@H](CC(CO)=C([C@H](O)CC/C(C)=C/c3ccc(O)cc3Cl)[C@@H]2CO)C1=O. The van der Waals surface area contributed by atoms with Crippen molar-refractivity contribution in [1.82, 2.24) is 4.90 Å². The molecule has 4 atom stereocenters. The van der Waals surface area contributed by atoms with Crippen LogP contribution in [0.2, 0.25) is 5.02 Å². The summed E-state index contributed by atoms with van der Waals surface area (Å²) >= 11 is 6.16. The first-order valence-electron chi connectivity index (χ1n) is 11.4. The number of hydrogen-bond donors (Lipinski definition) is 4. The lowest BCUT2D eigenvalue weighted by Crippen LogP contribution is -2.39. The zero-order chi connectivity index (χ0) is 24.3. The van der Waals surface area contributed by atoms with Crippen LogP contribution < -0.4 is 0 Å². The molecule has 1 aromatic rings. The molecule has 180 valence electrons. The van der Waals surface area contributed by atoms with E-state index in [4.69, 9.17) is 11.6 Å². The Balaban J connectivity index is 1.80. The third kappa shape index (κ3) is 5.17. The molecular formula is C25H32ClNO6. The largest absolute Gasteiger partial charge is 0.508 e. The predicted molar refractivity (Wildman–Crippen MR) is 125 cm³/mol. The van der Waals surface area contributed by atoms with Crippen molar-refractivity contribution in [2.24, 2.45) is 17.8 Å². The number of hydrogen-bond acceptors (Lipinski definition) is 6. The highest BCUT2D eigenvalue weighted by Crippen LogP contribution is 2.46. The second-order valence-electron chi connectivity index (χ2n) is 8.92. The summed E-state index contributed by atoms with van der Waals surface area (Å²) in [4.78, 5) is 27.0. The van der Waals surface area contributed by atoms with Crippen LogP contribution in [0.5, 0.6) is 5.75 Å². The quantitative estimate of drug-likeness (QED) is 0.321. The molecule has 4 N–H and O–H groups in total. The number of benzene rings is 1. The van der Waals surface area contributed by atoms with Gasteiger partial charge in [0, 0.05) is 12.5 Å². The maximum atomic E-state index is 13.0. The molecule has 0 saturated carbocycles. The summed E-state index contributed by atoms with van der Waals surface area (Å²) < 4.78 is 0. The molecule has 2 aliphatic rings. The fourth-order valence-electron chi connectivity index (χ4n) is 5.11. The standard InChI is InChI=1S/C25H32ClNO6/c1-3-8-27-24(32)18-10-16(12-28)22(19(13-29)23(18)25(27)33)21(31)7-4-14(2)9-15-5-6-17(30)11-20(15)26/h5-6,9,11,18-19,21,23,28-31H,3-4,7-8,10,12-13H2,1-2H3/b14-9+/t18-,19+,21-,23-/m1/s1. The van der Waals surface area contributed by atoms with Gasteiger partial charge in [0.05, 0.1) is 36.2 Å². The summed E-state index contributed by atoms with van der Waals surface area (Å²) in [5.74, 6) is -2.48. The Morgan fingerprint density at radius 1 is 1.27 bits per heavy atom. The lowest BCUT2D eigenvalue weighted by Gasteiger charge is -2.36. The van der Waals surface area contributed by atoms with Crippen LogP contribution >= 0.6 is 11.6 Å². The van der Waals surface area contributed by atoms with E-state index in [1.54, 1.807) is 12.1 Å². The van der Waals surface area contributed by atoms with E-state index in [1.807, 2.05) is 19.9 Å². The average Bonchev–Trinajstić information content (AvgIpc) is 3.02. The third-order valence-corrected chi connectivity index (χ3v) is 6.99. The summed E-state index contributed by atoms with van der Waals surface area (Å²) in [6, 6.07) is 4.71. The molecule has 2 amide bonds. The van der Waals surface area contributed by atoms with E-state index in [9.17, 15) is 30.0 Å². The molecule has 1 heterocycles. The number of fused-ring (bicyclic) bond motifs is 1. The van der Waals surface area contributed by atoms with Gasteiger partial charge in [-0.1, -0.05) is 30.2 Å². The van der Waals surface area contributed by atoms with Crippen molar-refractivity contribution >= 4 is 29.5 Å². The molecular weight excluding hydrogens is 446 g/mol. The second kappa shape index (κ2) is 10.8. The van der Waals surface area contributed by atoms with Gasteiger partial charge in [0.1, 0.15) is 5.75 Å². The first kappa shape index (κ1) is 25.4. The van der Waals surface area contributed by atoms with Crippen LogP contribution in [0.15, 0.2) is 34.9 Å². The zero-order valence-corrected chi connectivity index (χ0v) is 19.8. The van der Waals surface area contributed by atoms with Gasteiger partial charge in [-0.2, -0.15) is 0 Å². The van der Waals surface area contributed by atoms with Gasteiger partial charge in [-0.15, -0.1) is 0 Å². The summed E-state index contributed by atoms with van der Waals surface area (Å²) in [5, 5.41) is 41.1. The minimum atomic E-state index is -0.966. The Labute approximate surface area is 199 Å². The molecule has 1 saturated heterocycles. The summed E-state index contributed by atoms with van der Waals surface area (Å²) in [5.41, 5.74) is 2.71. The Bertz CT molecular complexity index is 972. The van der Waals surface area contributed by atoms with Crippen LogP contribution in [0.4, 0.5) is 0 Å². The van der Waals surface area contributed by atoms with E-state index in [1.165, 1.54) is 11.0 Å². The van der Waals surface area contributed by atoms with Crippen molar-refractivity contribution in [2.45, 2.75) is 45.6 Å². The molecule has 3 rings (SSSR count). The number of allylic oxidation sites excluding steroid dienone is 1. The highest BCUT2D eigenvalue weighted by Gasteiger charge is 2.54. The fourth-order valence-corrected chi connectivity index (χ4v) is 5.33. The monoisotopic (exact) mass is 477 g/mol. The number of nitrogens with zero attached hydrogens (tertiary/aromatic N) is 1. The number of aliphatic hydroxyl groups is 3. The average molecular weight is 478 g/mol. The number of carbonyl (C=O) groups excluding carboxylic acids is 2. The van der Waals surface area contributed by atoms with E-state index in [0.717, 1.165) is 11.1 Å². The summed E-state index contributed by atoms with van der Waals surface area (Å²) in [6.45, 7) is 3.41. The van der Waals surface area contributed by atoms with Crippen LogP contribution in [0, 0.1) is 17.8 Å². The minimum absolute atomic E-state index is 0.0804. The number of phenols is 1. The Morgan fingerprint density at radius 2 is 2.00 bits per heavy atom. The molecule has 1 aromatic carbocycles. The molecule has 0 spiro atoms. The molecule has 33 heavy (non-hydrogen) atoms. The maximum absolute atomic E-state index is 13.0. The number of rotatable bonds is 9. The number of aliphatic hydroxyl groups excluding tert-OH is 3. The minimum Gasteiger partial charge on any atom is -0.508 e. The van der Waals surface area contributed by atoms with Gasteiger partial charge in [0.2, 0.25) is 11.8 Å². The van der Waals surface area contributed by atoms with Crippen molar-refractivity contribution < 1.29 is 30.0 Å². The van der Waals surface area contributed by atoms with E-state index < -0.39 is 23.9 Å². The van der Waals surface area contributed by atoms with E-state index in [0.29, 0.717) is 42.0 Å². The number of likely N-dealkylation sites (tertiary alicyclic amines) is 1. The van der Waals surface area contributed by atoms with E-state index in [-0.39, 0.29) is 37.2 Å². The topological polar surface area (TPSA) is 118 Å². The molecule has 0 unspecified atom stereocenters. The lowest BCUT2D eigenvalue weighted by molar-refractivity contribution is -0.140. The van der Waals surface area contributed by atoms with Gasteiger partial charge < -0.3 is 20.4 Å². The van der Waals surface area contributed by atoms with Gasteiger partial charge in [-0.05, 0) is 67.5 Å². The predicted octanol–water partition coefficient (Wildman–Crippen LogP) is 2.90. The van der Waals surface area contributed by atoms with Gasteiger partial charge in [-0.3, -0.25) is 14.5 Å². The van der Waals surface area contributed by atoms with Gasteiger partial charge in [0.15, 0.2) is 0 Å².